The molecule has 4 rings (SSSR count). The van der Waals surface area contributed by atoms with Crippen LogP contribution in [0.15, 0.2) is 47.0 Å². The lowest BCUT2D eigenvalue weighted by molar-refractivity contribution is -0.385. The van der Waals surface area contributed by atoms with E-state index in [9.17, 15) is 14.9 Å². The summed E-state index contributed by atoms with van der Waals surface area (Å²) in [6.07, 6.45) is 4.90. The van der Waals surface area contributed by atoms with Gasteiger partial charge in [-0.1, -0.05) is 54.2 Å². The Morgan fingerprint density at radius 2 is 1.91 bits per heavy atom. The Morgan fingerprint density at radius 1 is 1.18 bits per heavy atom. The van der Waals surface area contributed by atoms with Crippen molar-refractivity contribution in [3.63, 3.8) is 0 Å². The fourth-order valence-corrected chi connectivity index (χ4v) is 4.18. The molecule has 9 heteroatoms. The number of aromatic nitrogens is 2. The van der Waals surface area contributed by atoms with Gasteiger partial charge in [-0.25, -0.2) is 0 Å². The average Bonchev–Trinajstić information content (AvgIpc) is 3.31. The first-order valence-corrected chi connectivity index (χ1v) is 11.0. The highest BCUT2D eigenvalue weighted by molar-refractivity contribution is 5.95. The minimum atomic E-state index is -0.549. The number of aryl methyl sites for hydroxylation is 1. The van der Waals surface area contributed by atoms with Gasteiger partial charge in [0.2, 0.25) is 11.7 Å². The summed E-state index contributed by atoms with van der Waals surface area (Å²) in [4.78, 5) is 30.6. The molecule has 9 nitrogen and oxygen atoms in total. The highest BCUT2D eigenvalue weighted by Gasteiger charge is 2.30. The minimum Gasteiger partial charge on any atom is -0.490 e. The van der Waals surface area contributed by atoms with Gasteiger partial charge in [-0.3, -0.25) is 14.9 Å². The first-order chi connectivity index (χ1) is 16.0. The van der Waals surface area contributed by atoms with Crippen LogP contribution in [-0.2, 0) is 6.54 Å². The number of methoxy groups -OCH3 is 1. The number of nitrogens with zero attached hydrogens (tertiary/aromatic N) is 4. The molecule has 0 radical (unpaired) electrons. The molecule has 0 unspecified atom stereocenters. The van der Waals surface area contributed by atoms with Crippen LogP contribution in [0.3, 0.4) is 0 Å². The molecule has 2 aromatic carbocycles. The number of nitro groups is 1. The molecule has 1 aliphatic rings. The van der Waals surface area contributed by atoms with Crippen molar-refractivity contribution in [3.05, 3.63) is 69.6 Å². The number of rotatable bonds is 7. The van der Waals surface area contributed by atoms with Crippen LogP contribution in [0.5, 0.6) is 5.75 Å². The van der Waals surface area contributed by atoms with Crippen LogP contribution in [0, 0.1) is 17.0 Å². The van der Waals surface area contributed by atoms with Crippen molar-refractivity contribution in [2.75, 3.05) is 7.11 Å². The Kier molecular flexibility index (Phi) is 6.67. The van der Waals surface area contributed by atoms with Gasteiger partial charge in [0.1, 0.15) is 6.54 Å². The zero-order valence-electron chi connectivity index (χ0n) is 18.7. The fourth-order valence-electron chi connectivity index (χ4n) is 4.18. The van der Waals surface area contributed by atoms with Crippen LogP contribution in [-0.4, -0.2) is 39.0 Å². The van der Waals surface area contributed by atoms with Crippen LogP contribution in [0.2, 0.25) is 0 Å². The quantitative estimate of drug-likeness (QED) is 0.370. The third kappa shape index (κ3) is 5.02. The second-order valence-corrected chi connectivity index (χ2v) is 8.25. The topological polar surface area (TPSA) is 112 Å². The second kappa shape index (κ2) is 9.81. The van der Waals surface area contributed by atoms with Crippen molar-refractivity contribution >= 4 is 11.6 Å². The molecular weight excluding hydrogens is 424 g/mol. The molecule has 1 amide bonds. The summed E-state index contributed by atoms with van der Waals surface area (Å²) in [5.41, 5.74) is 1.94. The highest BCUT2D eigenvalue weighted by atomic mass is 16.6. The molecule has 1 aliphatic carbocycles. The van der Waals surface area contributed by atoms with Crippen molar-refractivity contribution < 1.29 is 19.0 Å². The Bertz CT molecular complexity index is 1140. The van der Waals surface area contributed by atoms with E-state index < -0.39 is 4.92 Å². The van der Waals surface area contributed by atoms with Crippen LogP contribution in [0.25, 0.3) is 11.4 Å². The molecule has 1 aromatic heterocycles. The standard InChI is InChI=1S/C24H26N4O5/c1-16-8-10-17(11-9-16)23-25-22(33-26-23)15-27(19-6-4-3-5-7-19)24(29)18-12-13-21(32-2)20(14-18)28(30)31/h8-14,19H,3-7,15H2,1-2H3. The molecule has 0 bridgehead atoms. The lowest BCUT2D eigenvalue weighted by atomic mass is 9.93. The van der Waals surface area contributed by atoms with Crippen molar-refractivity contribution in [2.45, 2.75) is 51.6 Å². The maximum atomic E-state index is 13.5. The van der Waals surface area contributed by atoms with E-state index in [1.807, 2.05) is 31.2 Å². The van der Waals surface area contributed by atoms with Crippen LogP contribution in [0.1, 0.15) is 53.9 Å². The monoisotopic (exact) mass is 450 g/mol. The molecule has 1 saturated carbocycles. The average molecular weight is 450 g/mol. The van der Waals surface area contributed by atoms with Crippen LogP contribution < -0.4 is 4.74 Å². The van der Waals surface area contributed by atoms with Crippen molar-refractivity contribution in [1.82, 2.24) is 15.0 Å². The van der Waals surface area contributed by atoms with E-state index in [1.165, 1.54) is 19.2 Å². The number of hydrogen-bond donors (Lipinski definition) is 0. The second-order valence-electron chi connectivity index (χ2n) is 8.25. The fraction of sp³-hybridized carbons (Fsp3) is 0.375. The van der Waals surface area contributed by atoms with Gasteiger partial charge in [-0.2, -0.15) is 4.98 Å². The summed E-state index contributed by atoms with van der Waals surface area (Å²) in [6.45, 7) is 2.14. The van der Waals surface area contributed by atoms with Gasteiger partial charge in [0.05, 0.1) is 12.0 Å². The number of benzene rings is 2. The third-order valence-corrected chi connectivity index (χ3v) is 5.98. The molecule has 1 fully saturated rings. The molecule has 0 spiro atoms. The molecular formula is C24H26N4O5. The number of carbonyl (C=O) groups excluding carboxylic acids is 1. The number of nitro benzene ring substituents is 1. The van der Waals surface area contributed by atoms with Gasteiger partial charge in [-0.15, -0.1) is 0 Å². The minimum absolute atomic E-state index is 0.00197. The molecule has 1 heterocycles. The van der Waals surface area contributed by atoms with Crippen molar-refractivity contribution in [3.8, 4) is 17.1 Å². The van der Waals surface area contributed by atoms with Gasteiger partial charge < -0.3 is 14.2 Å². The highest BCUT2D eigenvalue weighted by Crippen LogP contribution is 2.30. The Labute approximate surface area is 191 Å². The van der Waals surface area contributed by atoms with Crippen LogP contribution >= 0.6 is 0 Å². The SMILES string of the molecule is COc1ccc(C(=O)N(Cc2nc(-c3ccc(C)cc3)no2)C2CCCCC2)cc1[N+](=O)[O-]. The third-order valence-electron chi connectivity index (χ3n) is 5.98. The molecule has 0 saturated heterocycles. The van der Waals surface area contributed by atoms with E-state index in [4.69, 9.17) is 9.26 Å². The molecule has 33 heavy (non-hydrogen) atoms. The zero-order valence-corrected chi connectivity index (χ0v) is 18.7. The number of ether oxygens (including phenoxy) is 1. The van der Waals surface area contributed by atoms with Crippen molar-refractivity contribution in [1.29, 1.82) is 0 Å². The van der Waals surface area contributed by atoms with Gasteiger partial charge in [-0.05, 0) is 31.9 Å². The predicted octanol–water partition coefficient (Wildman–Crippen LogP) is 4.94. The predicted molar refractivity (Wildman–Crippen MR) is 121 cm³/mol. The summed E-state index contributed by atoms with van der Waals surface area (Å²) < 4.78 is 10.5. The van der Waals surface area contributed by atoms with Crippen LogP contribution in [0.4, 0.5) is 5.69 Å². The Hall–Kier alpha value is -3.75. The van der Waals surface area contributed by atoms with Gasteiger partial charge in [0.15, 0.2) is 5.75 Å². The van der Waals surface area contributed by atoms with Gasteiger partial charge in [0, 0.05) is 23.2 Å². The summed E-state index contributed by atoms with van der Waals surface area (Å²) in [6, 6.07) is 12.1. The smallest absolute Gasteiger partial charge is 0.311 e. The summed E-state index contributed by atoms with van der Waals surface area (Å²) in [5.74, 6) is 0.594. The summed E-state index contributed by atoms with van der Waals surface area (Å²) >= 11 is 0. The van der Waals surface area contributed by atoms with E-state index >= 15 is 0 Å². The summed E-state index contributed by atoms with van der Waals surface area (Å²) in [7, 11) is 1.36. The van der Waals surface area contributed by atoms with Crippen molar-refractivity contribution in [2.24, 2.45) is 0 Å². The molecule has 172 valence electrons. The van der Waals surface area contributed by atoms with E-state index in [0.717, 1.165) is 43.2 Å². The number of amides is 1. The molecule has 0 N–H and O–H groups in total. The lowest BCUT2D eigenvalue weighted by Crippen LogP contribution is -2.41. The number of hydrogen-bond acceptors (Lipinski definition) is 7. The molecule has 0 atom stereocenters. The first-order valence-electron chi connectivity index (χ1n) is 11.0. The number of carbonyl (C=O) groups is 1. The normalized spacial score (nSPS) is 14.1. The van der Waals surface area contributed by atoms with E-state index in [2.05, 4.69) is 10.1 Å². The molecule has 3 aromatic rings. The Morgan fingerprint density at radius 3 is 2.58 bits per heavy atom. The lowest BCUT2D eigenvalue weighted by Gasteiger charge is -2.33. The Balaban J connectivity index is 1.62. The molecule has 0 aliphatic heterocycles. The van der Waals surface area contributed by atoms with E-state index in [-0.39, 0.29) is 35.5 Å². The van der Waals surface area contributed by atoms with Gasteiger partial charge >= 0.3 is 5.69 Å². The largest absolute Gasteiger partial charge is 0.490 e. The van der Waals surface area contributed by atoms with E-state index in [1.54, 1.807) is 11.0 Å². The zero-order chi connectivity index (χ0) is 23.4. The van der Waals surface area contributed by atoms with E-state index in [0.29, 0.717) is 11.7 Å². The maximum Gasteiger partial charge on any atom is 0.311 e. The first kappa shape index (κ1) is 22.4. The maximum absolute atomic E-state index is 13.5. The van der Waals surface area contributed by atoms with Gasteiger partial charge in [0.25, 0.3) is 5.91 Å². The summed E-state index contributed by atoms with van der Waals surface area (Å²) in [5, 5.41) is 15.5.